The van der Waals surface area contributed by atoms with Crippen LogP contribution in [0.5, 0.6) is 11.5 Å². The molecular formula is C21H23NO2. The molecule has 0 aromatic heterocycles. The summed E-state index contributed by atoms with van der Waals surface area (Å²) in [5.74, 6) is 3.32. The zero-order valence-electron chi connectivity index (χ0n) is 13.9. The van der Waals surface area contributed by atoms with Crippen molar-refractivity contribution in [2.75, 3.05) is 18.5 Å². The summed E-state index contributed by atoms with van der Waals surface area (Å²) < 4.78 is 12.3. The highest BCUT2D eigenvalue weighted by Gasteiger charge is 2.26. The van der Waals surface area contributed by atoms with Crippen LogP contribution in [0.25, 0.3) is 11.1 Å². The number of para-hydroxylation sites is 1. The van der Waals surface area contributed by atoms with Gasteiger partial charge in [-0.3, -0.25) is 0 Å². The number of ether oxygens (including phenoxy) is 2. The molecular weight excluding hydrogens is 298 g/mol. The molecule has 3 aliphatic rings. The number of fused-ring (bicyclic) bond motifs is 3. The van der Waals surface area contributed by atoms with Gasteiger partial charge in [-0.2, -0.15) is 0 Å². The first kappa shape index (κ1) is 14.2. The molecule has 0 saturated heterocycles. The van der Waals surface area contributed by atoms with Gasteiger partial charge in [0.25, 0.3) is 0 Å². The van der Waals surface area contributed by atoms with Crippen molar-refractivity contribution in [1.29, 1.82) is 0 Å². The molecule has 0 atom stereocenters. The number of anilines is 1. The zero-order chi connectivity index (χ0) is 15.9. The molecule has 2 aromatic carbocycles. The van der Waals surface area contributed by atoms with E-state index in [9.17, 15) is 0 Å². The average molecular weight is 321 g/mol. The lowest BCUT2D eigenvalue weighted by Crippen LogP contribution is -2.11. The van der Waals surface area contributed by atoms with E-state index in [-0.39, 0.29) is 0 Å². The van der Waals surface area contributed by atoms with Gasteiger partial charge in [-0.15, -0.1) is 0 Å². The summed E-state index contributed by atoms with van der Waals surface area (Å²) in [5.41, 5.74) is 5.01. The fraction of sp³-hybridized carbons (Fsp3) is 0.429. The maximum absolute atomic E-state index is 6.15. The van der Waals surface area contributed by atoms with Crippen LogP contribution in [0.3, 0.4) is 0 Å². The Morgan fingerprint density at radius 3 is 2.21 bits per heavy atom. The van der Waals surface area contributed by atoms with Crippen LogP contribution in [-0.4, -0.2) is 13.2 Å². The Labute approximate surface area is 143 Å². The second-order valence-electron chi connectivity index (χ2n) is 7.36. The van der Waals surface area contributed by atoms with Crippen LogP contribution in [0.1, 0.15) is 31.2 Å². The van der Waals surface area contributed by atoms with E-state index in [2.05, 4.69) is 41.7 Å². The summed E-state index contributed by atoms with van der Waals surface area (Å²) in [6.45, 7) is 2.48. The lowest BCUT2D eigenvalue weighted by atomic mass is 9.94. The first-order chi connectivity index (χ1) is 11.9. The summed E-state index contributed by atoms with van der Waals surface area (Å²) in [7, 11) is 0. The third kappa shape index (κ3) is 2.83. The number of hydrogen-bond acceptors (Lipinski definition) is 3. The predicted octanol–water partition coefficient (Wildman–Crippen LogP) is 4.86. The molecule has 1 aliphatic heterocycles. The minimum Gasteiger partial charge on any atom is -0.489 e. The Morgan fingerprint density at radius 2 is 1.50 bits per heavy atom. The number of nitrogens with one attached hydrogen (secondary N) is 1. The average Bonchev–Trinajstić information content (AvgIpc) is 3.52. The first-order valence-electron chi connectivity index (χ1n) is 9.12. The van der Waals surface area contributed by atoms with E-state index in [0.29, 0.717) is 0 Å². The highest BCUT2D eigenvalue weighted by Crippen LogP contribution is 2.43. The topological polar surface area (TPSA) is 30.5 Å². The van der Waals surface area contributed by atoms with Crippen molar-refractivity contribution >= 4 is 5.69 Å². The molecule has 0 unspecified atom stereocenters. The van der Waals surface area contributed by atoms with Crippen LogP contribution in [0.2, 0.25) is 0 Å². The zero-order valence-corrected chi connectivity index (χ0v) is 13.9. The maximum Gasteiger partial charge on any atom is 0.161 e. The van der Waals surface area contributed by atoms with Crippen molar-refractivity contribution in [3.05, 3.63) is 42.0 Å². The molecule has 0 amide bonds. The third-order valence-electron chi connectivity index (χ3n) is 5.20. The Bertz CT molecular complexity index is 762. The minimum atomic E-state index is 0.742. The van der Waals surface area contributed by atoms with Crippen LogP contribution in [0, 0.1) is 11.8 Å². The number of benzene rings is 2. The highest BCUT2D eigenvalue weighted by atomic mass is 16.5. The monoisotopic (exact) mass is 321 g/mol. The Hall–Kier alpha value is -2.16. The molecule has 5 rings (SSSR count). The molecule has 0 spiro atoms. The van der Waals surface area contributed by atoms with Gasteiger partial charge in [0.2, 0.25) is 0 Å². The van der Waals surface area contributed by atoms with Gasteiger partial charge in [0.15, 0.2) is 11.5 Å². The molecule has 2 saturated carbocycles. The van der Waals surface area contributed by atoms with Crippen LogP contribution < -0.4 is 14.8 Å². The molecule has 2 fully saturated rings. The minimum absolute atomic E-state index is 0.742. The van der Waals surface area contributed by atoms with Crippen molar-refractivity contribution < 1.29 is 9.47 Å². The first-order valence-corrected chi connectivity index (χ1v) is 9.12. The van der Waals surface area contributed by atoms with E-state index >= 15 is 0 Å². The molecule has 0 radical (unpaired) electrons. The molecule has 24 heavy (non-hydrogen) atoms. The fourth-order valence-corrected chi connectivity index (χ4v) is 3.27. The van der Waals surface area contributed by atoms with Gasteiger partial charge in [-0.25, -0.2) is 0 Å². The molecule has 3 nitrogen and oxygen atoms in total. The van der Waals surface area contributed by atoms with E-state index in [0.717, 1.165) is 43.1 Å². The summed E-state index contributed by atoms with van der Waals surface area (Å²) in [5, 5.41) is 3.51. The quantitative estimate of drug-likeness (QED) is 0.824. The summed E-state index contributed by atoms with van der Waals surface area (Å²) in [6, 6.07) is 12.9. The van der Waals surface area contributed by atoms with Gasteiger partial charge in [0.1, 0.15) is 0 Å². The SMILES string of the molecule is c1ccc2c(c1)NCc1cc(OCC3CC3)c(OCC3CC3)cc1-2. The van der Waals surface area contributed by atoms with E-state index in [1.807, 2.05) is 0 Å². The van der Waals surface area contributed by atoms with Gasteiger partial charge in [0, 0.05) is 17.8 Å². The van der Waals surface area contributed by atoms with Crippen molar-refractivity contribution in [3.8, 4) is 22.6 Å². The van der Waals surface area contributed by atoms with Crippen LogP contribution in [0.4, 0.5) is 5.69 Å². The van der Waals surface area contributed by atoms with Crippen molar-refractivity contribution in [2.24, 2.45) is 11.8 Å². The molecule has 3 heteroatoms. The molecule has 124 valence electrons. The van der Waals surface area contributed by atoms with Gasteiger partial charge >= 0.3 is 0 Å². The number of hydrogen-bond donors (Lipinski definition) is 1. The van der Waals surface area contributed by atoms with E-state index < -0.39 is 0 Å². The highest BCUT2D eigenvalue weighted by molar-refractivity contribution is 5.84. The standard InChI is InChI=1S/C21H23NO2/c1-2-4-19-17(3-1)18-10-21(24-13-15-7-8-15)20(9-16(18)11-22-19)23-12-14-5-6-14/h1-4,9-10,14-15,22H,5-8,11-13H2. The van der Waals surface area contributed by atoms with Crippen LogP contribution >= 0.6 is 0 Å². The summed E-state index contributed by atoms with van der Waals surface area (Å²) >= 11 is 0. The molecule has 2 aromatic rings. The molecule has 0 bridgehead atoms. The largest absolute Gasteiger partial charge is 0.489 e. The van der Waals surface area contributed by atoms with Gasteiger partial charge < -0.3 is 14.8 Å². The van der Waals surface area contributed by atoms with Gasteiger partial charge in [-0.05, 0) is 66.8 Å². The van der Waals surface area contributed by atoms with Gasteiger partial charge in [-0.1, -0.05) is 18.2 Å². The van der Waals surface area contributed by atoms with Crippen molar-refractivity contribution in [1.82, 2.24) is 0 Å². The van der Waals surface area contributed by atoms with E-state index in [1.54, 1.807) is 0 Å². The van der Waals surface area contributed by atoms with E-state index in [4.69, 9.17) is 9.47 Å². The van der Waals surface area contributed by atoms with Crippen molar-refractivity contribution in [3.63, 3.8) is 0 Å². The third-order valence-corrected chi connectivity index (χ3v) is 5.20. The summed E-state index contributed by atoms with van der Waals surface area (Å²) in [6.07, 6.45) is 5.21. The van der Waals surface area contributed by atoms with E-state index in [1.165, 1.54) is 48.1 Å². The smallest absolute Gasteiger partial charge is 0.161 e. The summed E-state index contributed by atoms with van der Waals surface area (Å²) in [4.78, 5) is 0. The fourth-order valence-electron chi connectivity index (χ4n) is 3.27. The maximum atomic E-state index is 6.15. The lowest BCUT2D eigenvalue weighted by molar-refractivity contribution is 0.253. The Kier molecular flexibility index (Phi) is 3.39. The van der Waals surface area contributed by atoms with Crippen molar-refractivity contribution in [2.45, 2.75) is 32.2 Å². The molecule has 1 heterocycles. The van der Waals surface area contributed by atoms with Crippen LogP contribution in [0.15, 0.2) is 36.4 Å². The predicted molar refractivity (Wildman–Crippen MR) is 95.6 cm³/mol. The normalized spacial score (nSPS) is 18.3. The lowest BCUT2D eigenvalue weighted by Gasteiger charge is -2.24. The van der Waals surface area contributed by atoms with Crippen LogP contribution in [-0.2, 0) is 6.54 Å². The molecule has 2 aliphatic carbocycles. The van der Waals surface area contributed by atoms with Gasteiger partial charge in [0.05, 0.1) is 13.2 Å². The Morgan fingerprint density at radius 1 is 0.833 bits per heavy atom. The number of rotatable bonds is 6. The Balaban J connectivity index is 1.49. The molecule has 1 N–H and O–H groups in total. The second-order valence-corrected chi connectivity index (χ2v) is 7.36. The second kappa shape index (κ2) is 5.73.